The first-order chi connectivity index (χ1) is 6.72. The monoisotopic (exact) mass is 213 g/mol. The van der Waals surface area contributed by atoms with E-state index in [1.165, 1.54) is 11.3 Å². The maximum Gasteiger partial charge on any atom is 0.154 e. The van der Waals surface area contributed by atoms with E-state index in [1.807, 2.05) is 13.8 Å². The van der Waals surface area contributed by atoms with E-state index in [1.54, 1.807) is 0 Å². The molecule has 1 aromatic carbocycles. The molecule has 1 rings (SSSR count). The zero-order chi connectivity index (χ0) is 11.4. The highest BCUT2D eigenvalue weighted by molar-refractivity contribution is 7.95. The van der Waals surface area contributed by atoms with Crippen LogP contribution >= 0.6 is 0 Å². The maximum absolute atomic E-state index is 2.23. The van der Waals surface area contributed by atoms with Crippen LogP contribution in [-0.4, -0.2) is 12.5 Å². The molecule has 0 bridgehead atoms. The van der Waals surface area contributed by atoms with E-state index in [0.717, 1.165) is 0 Å². The van der Waals surface area contributed by atoms with Gasteiger partial charge in [0.2, 0.25) is 0 Å². The van der Waals surface area contributed by atoms with Gasteiger partial charge in [-0.3, -0.25) is 0 Å². The van der Waals surface area contributed by atoms with Crippen LogP contribution in [0.1, 0.15) is 34.1 Å². The quantitative estimate of drug-likeness (QED) is 0.608. The summed E-state index contributed by atoms with van der Waals surface area (Å²) in [7, 11) is 0.421. The van der Waals surface area contributed by atoms with Crippen LogP contribution in [0.15, 0.2) is 35.2 Å². The Labute approximate surface area is 93.1 Å². The molecule has 0 aromatic heterocycles. The normalized spacial score (nSPS) is 8.21. The Balaban J connectivity index is 0. The van der Waals surface area contributed by atoms with Crippen molar-refractivity contribution in [3.8, 4) is 0 Å². The molecule has 0 fully saturated rings. The van der Waals surface area contributed by atoms with Crippen LogP contribution in [0.3, 0.4) is 0 Å². The summed E-state index contributed by atoms with van der Waals surface area (Å²) < 4.78 is 0. The molecule has 14 heavy (non-hydrogen) atoms. The topological polar surface area (TPSA) is 0 Å². The van der Waals surface area contributed by atoms with E-state index in [4.69, 9.17) is 0 Å². The number of hydrogen-bond donors (Lipinski definition) is 0. The predicted molar refractivity (Wildman–Crippen MR) is 71.2 cm³/mol. The second kappa shape index (κ2) is 12.6. The van der Waals surface area contributed by atoms with E-state index < -0.39 is 0 Å². The summed E-state index contributed by atoms with van der Waals surface area (Å²) in [5.41, 5.74) is 0. The lowest BCUT2D eigenvalue weighted by atomic mass is 10.4. The van der Waals surface area contributed by atoms with Gasteiger partial charge in [0.05, 0.1) is 0 Å². The Morgan fingerprint density at radius 2 is 1.29 bits per heavy atom. The van der Waals surface area contributed by atoms with Gasteiger partial charge in [-0.15, -0.1) is 0 Å². The van der Waals surface area contributed by atoms with Gasteiger partial charge in [-0.25, -0.2) is 0 Å². The molecule has 0 heterocycles. The van der Waals surface area contributed by atoms with Gasteiger partial charge in [-0.2, -0.15) is 0 Å². The summed E-state index contributed by atoms with van der Waals surface area (Å²) in [6, 6.07) is 10.6. The van der Waals surface area contributed by atoms with E-state index in [2.05, 4.69) is 56.7 Å². The van der Waals surface area contributed by atoms with Crippen LogP contribution in [0.25, 0.3) is 0 Å². The summed E-state index contributed by atoms with van der Waals surface area (Å²) in [4.78, 5) is 1.44. The molecule has 0 aliphatic rings. The van der Waals surface area contributed by atoms with Crippen molar-refractivity contribution in [3.63, 3.8) is 0 Å². The summed E-state index contributed by atoms with van der Waals surface area (Å²) in [5, 5.41) is 0. The van der Waals surface area contributed by atoms with Crippen molar-refractivity contribution in [2.24, 2.45) is 0 Å². The second-order valence-corrected chi connectivity index (χ2v) is 4.94. The lowest BCUT2D eigenvalue weighted by molar-refractivity contribution is 1.09. The molecule has 1 aromatic rings. The fraction of sp³-hybridized carbons (Fsp3) is 0.538. The van der Waals surface area contributed by atoms with Crippen LogP contribution in [0.2, 0.25) is 0 Å². The molecule has 0 radical (unpaired) electrons. The lowest BCUT2D eigenvalue weighted by Crippen LogP contribution is -1.93. The zero-order valence-electron chi connectivity index (χ0n) is 10.5. The molecule has 1 heteroatoms. The molecule has 0 nitrogen and oxygen atoms in total. The predicted octanol–water partition coefficient (Wildman–Crippen LogP) is 4.37. The summed E-state index contributed by atoms with van der Waals surface area (Å²) >= 11 is 0. The first-order valence-corrected chi connectivity index (χ1v) is 7.39. The van der Waals surface area contributed by atoms with Crippen molar-refractivity contribution >= 4 is 10.9 Å². The van der Waals surface area contributed by atoms with Gasteiger partial charge >= 0.3 is 0 Å². The minimum Gasteiger partial charge on any atom is -0.0683 e. The minimum absolute atomic E-state index is 0.421. The molecule has 0 aliphatic carbocycles. The van der Waals surface area contributed by atoms with Crippen LogP contribution in [0, 0.1) is 0 Å². The minimum atomic E-state index is 0.421. The van der Waals surface area contributed by atoms with Crippen LogP contribution in [0.4, 0.5) is 0 Å². The van der Waals surface area contributed by atoms with Gasteiger partial charge in [0.15, 0.2) is 4.90 Å². The van der Waals surface area contributed by atoms with Crippen molar-refractivity contribution in [1.29, 1.82) is 0 Å². The highest BCUT2D eigenvalue weighted by Gasteiger charge is 2.03. The number of rotatable bonds is 1. The van der Waals surface area contributed by atoms with Crippen LogP contribution in [0.5, 0.6) is 0 Å². The van der Waals surface area contributed by atoms with Gasteiger partial charge in [0.1, 0.15) is 12.5 Å². The average molecular weight is 213 g/mol. The smallest absolute Gasteiger partial charge is 0.0683 e. The zero-order valence-corrected chi connectivity index (χ0v) is 11.3. The average Bonchev–Trinajstić information content (AvgIpc) is 2.23. The van der Waals surface area contributed by atoms with E-state index in [-0.39, 0.29) is 0 Å². The van der Waals surface area contributed by atoms with Crippen molar-refractivity contribution in [2.75, 3.05) is 12.5 Å². The van der Waals surface area contributed by atoms with Crippen molar-refractivity contribution in [2.45, 2.75) is 39.0 Å². The van der Waals surface area contributed by atoms with E-state index >= 15 is 0 Å². The fourth-order valence-electron chi connectivity index (χ4n) is 0.693. The molecular weight excluding hydrogens is 188 g/mol. The highest BCUT2D eigenvalue weighted by Crippen LogP contribution is 2.05. The number of hydrogen-bond acceptors (Lipinski definition) is 0. The standard InChI is InChI=1S/C8H11S.C3H8.C2H6/c1-9(2)8-6-4-3-5-7-8;1-3-2;1-2/h3-7H,1-2H3;3H2,1-2H3;1-2H3/q+1;;. The first kappa shape index (κ1) is 16.0. The molecule has 0 N–H and O–H groups in total. The van der Waals surface area contributed by atoms with Gasteiger partial charge in [-0.05, 0) is 12.1 Å². The molecule has 82 valence electrons. The molecule has 0 aliphatic heterocycles. The Hall–Kier alpha value is -0.430. The van der Waals surface area contributed by atoms with Crippen molar-refractivity contribution < 1.29 is 0 Å². The van der Waals surface area contributed by atoms with Gasteiger partial charge < -0.3 is 0 Å². The molecule has 0 spiro atoms. The Kier molecular flexibility index (Phi) is 14.4. The Bertz CT molecular complexity index is 180. The summed E-state index contributed by atoms with van der Waals surface area (Å²) in [6.45, 7) is 8.25. The third-order valence-electron chi connectivity index (χ3n) is 1.21. The van der Waals surface area contributed by atoms with Crippen LogP contribution < -0.4 is 0 Å². The van der Waals surface area contributed by atoms with Crippen molar-refractivity contribution in [3.05, 3.63) is 30.3 Å². The third kappa shape index (κ3) is 9.66. The number of benzene rings is 1. The highest BCUT2D eigenvalue weighted by atomic mass is 32.2. The molecule has 0 atom stereocenters. The molecular formula is C13H25S+. The van der Waals surface area contributed by atoms with Crippen LogP contribution in [-0.2, 0) is 10.9 Å². The maximum atomic E-state index is 2.23. The van der Waals surface area contributed by atoms with Gasteiger partial charge in [0.25, 0.3) is 0 Å². The molecule has 0 saturated heterocycles. The fourth-order valence-corrected chi connectivity index (χ4v) is 1.39. The third-order valence-corrected chi connectivity index (χ3v) is 2.43. The van der Waals surface area contributed by atoms with E-state index in [9.17, 15) is 0 Å². The molecule has 0 amide bonds. The molecule has 0 unspecified atom stereocenters. The Morgan fingerprint density at radius 1 is 0.929 bits per heavy atom. The van der Waals surface area contributed by atoms with Gasteiger partial charge in [0, 0.05) is 10.9 Å². The van der Waals surface area contributed by atoms with Gasteiger partial charge in [-0.1, -0.05) is 52.3 Å². The largest absolute Gasteiger partial charge is 0.154 e. The summed E-state index contributed by atoms with van der Waals surface area (Å²) in [6.07, 6.45) is 5.71. The SMILES string of the molecule is CC.CCC.C[S+](C)c1ccccc1. The first-order valence-electron chi connectivity index (χ1n) is 5.35. The second-order valence-electron chi connectivity index (χ2n) is 2.84. The molecule has 0 saturated carbocycles. The lowest BCUT2D eigenvalue weighted by Gasteiger charge is -1.91. The Morgan fingerprint density at radius 3 is 1.50 bits per heavy atom. The van der Waals surface area contributed by atoms with E-state index in [0.29, 0.717) is 10.9 Å². The summed E-state index contributed by atoms with van der Waals surface area (Å²) in [5.74, 6) is 0. The van der Waals surface area contributed by atoms with Crippen molar-refractivity contribution in [1.82, 2.24) is 0 Å².